The molecule has 0 aromatic heterocycles. The lowest BCUT2D eigenvalue weighted by atomic mass is 10.2. The Labute approximate surface area is 130 Å². The Balaban J connectivity index is 1.82. The zero-order valence-electron chi connectivity index (χ0n) is 13.5. The minimum absolute atomic E-state index is 0.0108. The Bertz CT molecular complexity index is 390. The van der Waals surface area contributed by atoms with E-state index < -0.39 is 11.7 Å². The number of nitrogens with zero attached hydrogens (tertiary/aromatic N) is 2. The molecule has 2 saturated heterocycles. The first-order chi connectivity index (χ1) is 9.73. The van der Waals surface area contributed by atoms with Crippen molar-refractivity contribution in [3.63, 3.8) is 0 Å². The van der Waals surface area contributed by atoms with Gasteiger partial charge in [-0.05, 0) is 27.8 Å². The highest BCUT2D eigenvalue weighted by atomic mass is 32.2. The maximum absolute atomic E-state index is 11.8. The van der Waals surface area contributed by atoms with Crippen molar-refractivity contribution < 1.29 is 19.1 Å². The summed E-state index contributed by atoms with van der Waals surface area (Å²) < 4.78 is 10.9. The Hall–Kier alpha value is -0.540. The molecule has 2 aliphatic heterocycles. The van der Waals surface area contributed by atoms with Gasteiger partial charge in [-0.15, -0.1) is 11.8 Å². The number of alkyl carbamates (subject to hydrolysis) is 1. The van der Waals surface area contributed by atoms with Gasteiger partial charge in [0.1, 0.15) is 17.2 Å². The molecule has 2 aliphatic rings. The molecule has 0 spiro atoms. The third kappa shape index (κ3) is 4.23. The van der Waals surface area contributed by atoms with Crippen LogP contribution in [0.1, 0.15) is 20.8 Å². The largest absolute Gasteiger partial charge is 0.444 e. The standard InChI is InChI=1S/C13H25N3O4S/c1-13(2,3)20-12(17)14-11-15(4)8(7-21-11)9-10(19-9)16(5)18-6/h8-11H,7H2,1-6H3,(H,14,17). The van der Waals surface area contributed by atoms with Crippen molar-refractivity contribution >= 4 is 17.9 Å². The molecule has 122 valence electrons. The molecule has 7 nitrogen and oxygen atoms in total. The number of carbonyl (C=O) groups is 1. The summed E-state index contributed by atoms with van der Waals surface area (Å²) in [5.41, 5.74) is -0.584. The Morgan fingerprint density at radius 2 is 2.14 bits per heavy atom. The van der Waals surface area contributed by atoms with Gasteiger partial charge in [0.2, 0.25) is 0 Å². The number of nitrogens with one attached hydrogen (secondary N) is 1. The lowest BCUT2D eigenvalue weighted by Crippen LogP contribution is -2.47. The summed E-state index contributed by atoms with van der Waals surface area (Å²) >= 11 is 1.68. The first-order valence-electron chi connectivity index (χ1n) is 6.98. The topological polar surface area (TPSA) is 66.6 Å². The van der Waals surface area contributed by atoms with E-state index in [1.54, 1.807) is 23.9 Å². The van der Waals surface area contributed by atoms with Gasteiger partial charge < -0.3 is 9.47 Å². The summed E-state index contributed by atoms with van der Waals surface area (Å²) in [5.74, 6) is 0.898. The van der Waals surface area contributed by atoms with Gasteiger partial charge in [0, 0.05) is 12.8 Å². The van der Waals surface area contributed by atoms with Crippen LogP contribution in [0.5, 0.6) is 0 Å². The molecular weight excluding hydrogens is 294 g/mol. The molecule has 0 aliphatic carbocycles. The zero-order chi connectivity index (χ0) is 15.8. The number of epoxide rings is 1. The quantitative estimate of drug-likeness (QED) is 0.614. The number of amides is 1. The second-order valence-corrected chi connectivity index (χ2v) is 7.40. The van der Waals surface area contributed by atoms with Gasteiger partial charge in [-0.2, -0.15) is 5.06 Å². The van der Waals surface area contributed by atoms with Gasteiger partial charge >= 0.3 is 6.09 Å². The Kier molecular flexibility index (Phi) is 5.04. The lowest BCUT2D eigenvalue weighted by molar-refractivity contribution is -0.138. The van der Waals surface area contributed by atoms with Gasteiger partial charge in [0.05, 0.1) is 13.2 Å². The molecule has 2 fully saturated rings. The fraction of sp³-hybridized carbons (Fsp3) is 0.923. The second kappa shape index (κ2) is 6.29. The average Bonchev–Trinajstić information content (AvgIpc) is 3.07. The van der Waals surface area contributed by atoms with E-state index in [0.717, 1.165) is 5.75 Å². The van der Waals surface area contributed by atoms with E-state index in [4.69, 9.17) is 14.3 Å². The summed E-state index contributed by atoms with van der Waals surface area (Å²) in [5, 5.41) is 4.59. The predicted octanol–water partition coefficient (Wildman–Crippen LogP) is 1.06. The Morgan fingerprint density at radius 1 is 1.48 bits per heavy atom. The smallest absolute Gasteiger partial charge is 0.409 e. The number of hydroxylamine groups is 2. The highest BCUT2D eigenvalue weighted by Gasteiger charge is 2.52. The molecule has 4 atom stereocenters. The monoisotopic (exact) mass is 319 g/mol. The summed E-state index contributed by atoms with van der Waals surface area (Å²) in [6, 6.07) is 0.248. The number of hydrogen-bond donors (Lipinski definition) is 1. The number of hydrogen-bond acceptors (Lipinski definition) is 7. The van der Waals surface area contributed by atoms with Crippen molar-refractivity contribution in [2.75, 3.05) is 27.0 Å². The number of ether oxygens (including phenoxy) is 2. The predicted molar refractivity (Wildman–Crippen MR) is 80.6 cm³/mol. The maximum atomic E-state index is 11.8. The first kappa shape index (κ1) is 16.8. The van der Waals surface area contributed by atoms with Crippen LogP contribution in [0, 0.1) is 0 Å². The number of likely N-dealkylation sites (N-methyl/N-ethyl adjacent to an activating group) is 2. The van der Waals surface area contributed by atoms with Crippen molar-refractivity contribution in [2.45, 2.75) is 50.2 Å². The van der Waals surface area contributed by atoms with Crippen molar-refractivity contribution in [1.82, 2.24) is 15.3 Å². The van der Waals surface area contributed by atoms with Crippen LogP contribution in [0.3, 0.4) is 0 Å². The van der Waals surface area contributed by atoms with Crippen LogP contribution < -0.4 is 5.32 Å². The van der Waals surface area contributed by atoms with Crippen molar-refractivity contribution in [1.29, 1.82) is 0 Å². The number of thioether (sulfide) groups is 1. The maximum Gasteiger partial charge on any atom is 0.409 e. The van der Waals surface area contributed by atoms with E-state index in [1.165, 1.54) is 0 Å². The molecule has 0 bridgehead atoms. The number of carbonyl (C=O) groups excluding carboxylic acids is 1. The van der Waals surface area contributed by atoms with E-state index in [1.807, 2.05) is 34.9 Å². The fourth-order valence-electron chi connectivity index (χ4n) is 2.27. The first-order valence-corrected chi connectivity index (χ1v) is 8.03. The van der Waals surface area contributed by atoms with Gasteiger partial charge in [0.15, 0.2) is 6.23 Å². The molecule has 0 radical (unpaired) electrons. The third-order valence-electron chi connectivity index (χ3n) is 3.48. The molecular formula is C13H25N3O4S. The minimum Gasteiger partial charge on any atom is -0.444 e. The van der Waals surface area contributed by atoms with E-state index >= 15 is 0 Å². The van der Waals surface area contributed by atoms with Crippen LogP contribution >= 0.6 is 11.8 Å². The van der Waals surface area contributed by atoms with Gasteiger partial charge in [0.25, 0.3) is 0 Å². The number of rotatable bonds is 4. The molecule has 0 saturated carbocycles. The molecule has 2 rings (SSSR count). The van der Waals surface area contributed by atoms with E-state index in [-0.39, 0.29) is 23.9 Å². The van der Waals surface area contributed by atoms with Gasteiger partial charge in [-0.3, -0.25) is 15.1 Å². The summed E-state index contributed by atoms with van der Waals surface area (Å²) in [6.07, 6.45) is -0.295. The molecule has 21 heavy (non-hydrogen) atoms. The molecule has 4 unspecified atom stereocenters. The summed E-state index contributed by atoms with van der Waals surface area (Å²) in [4.78, 5) is 19.1. The summed E-state index contributed by atoms with van der Waals surface area (Å²) in [6.45, 7) is 5.55. The van der Waals surface area contributed by atoms with E-state index in [0.29, 0.717) is 0 Å². The molecule has 0 aromatic rings. The zero-order valence-corrected chi connectivity index (χ0v) is 14.3. The lowest BCUT2D eigenvalue weighted by Gasteiger charge is -2.26. The molecule has 1 amide bonds. The second-order valence-electron chi connectivity index (χ2n) is 6.28. The average molecular weight is 319 g/mol. The van der Waals surface area contributed by atoms with Crippen LogP contribution in [0.2, 0.25) is 0 Å². The molecule has 1 N–H and O–H groups in total. The van der Waals surface area contributed by atoms with Gasteiger partial charge in [-0.1, -0.05) is 0 Å². The minimum atomic E-state index is -0.489. The fourth-order valence-corrected chi connectivity index (χ4v) is 3.65. The van der Waals surface area contributed by atoms with E-state index in [9.17, 15) is 4.79 Å². The molecule has 0 aromatic carbocycles. The van der Waals surface area contributed by atoms with Crippen LogP contribution in [0.4, 0.5) is 4.79 Å². The van der Waals surface area contributed by atoms with Crippen LogP contribution in [0.25, 0.3) is 0 Å². The van der Waals surface area contributed by atoms with Crippen molar-refractivity contribution in [3.05, 3.63) is 0 Å². The van der Waals surface area contributed by atoms with Crippen LogP contribution in [-0.4, -0.2) is 72.5 Å². The van der Waals surface area contributed by atoms with Crippen LogP contribution in [0.15, 0.2) is 0 Å². The van der Waals surface area contributed by atoms with Crippen molar-refractivity contribution in [2.24, 2.45) is 0 Å². The third-order valence-corrected chi connectivity index (χ3v) is 4.78. The van der Waals surface area contributed by atoms with Crippen molar-refractivity contribution in [3.8, 4) is 0 Å². The molecule has 2 heterocycles. The molecule has 8 heteroatoms. The van der Waals surface area contributed by atoms with E-state index in [2.05, 4.69) is 10.2 Å². The van der Waals surface area contributed by atoms with Crippen LogP contribution in [-0.2, 0) is 14.3 Å². The summed E-state index contributed by atoms with van der Waals surface area (Å²) in [7, 11) is 5.46. The normalized spacial score (nSPS) is 33.3. The SMILES string of the molecule is CON(C)C1OC1C1CSC(NC(=O)OC(C)(C)C)N1C. The highest BCUT2D eigenvalue weighted by Crippen LogP contribution is 2.37. The highest BCUT2D eigenvalue weighted by molar-refractivity contribution is 8.00. The Morgan fingerprint density at radius 3 is 2.71 bits per heavy atom. The van der Waals surface area contributed by atoms with Gasteiger partial charge in [-0.25, -0.2) is 4.79 Å².